The molecule has 0 atom stereocenters. The lowest BCUT2D eigenvalue weighted by Crippen LogP contribution is -2.25. The minimum absolute atomic E-state index is 0.0437. The molecule has 13 heavy (non-hydrogen) atoms. The van der Waals surface area contributed by atoms with E-state index in [0.29, 0.717) is 12.4 Å². The van der Waals surface area contributed by atoms with Gasteiger partial charge in [0.05, 0.1) is 0 Å². The molecule has 0 saturated carbocycles. The van der Waals surface area contributed by atoms with Crippen molar-refractivity contribution >= 4 is 5.84 Å². The number of nitrogens with two attached hydrogens (primary N) is 2. The highest BCUT2D eigenvalue weighted by molar-refractivity contribution is 5.97. The van der Waals surface area contributed by atoms with E-state index in [4.69, 9.17) is 11.5 Å². The summed E-state index contributed by atoms with van der Waals surface area (Å²) in [6.45, 7) is 10.7. The molecule has 0 unspecified atom stereocenters. The van der Waals surface area contributed by atoms with Crippen LogP contribution < -0.4 is 11.5 Å². The number of rotatable bonds is 2. The van der Waals surface area contributed by atoms with E-state index in [1.165, 1.54) is 0 Å². The van der Waals surface area contributed by atoms with Gasteiger partial charge in [-0.15, -0.1) is 0 Å². The molecule has 0 aliphatic rings. The first-order chi connectivity index (χ1) is 5.80. The Hall–Kier alpha value is -0.990. The van der Waals surface area contributed by atoms with Gasteiger partial charge < -0.3 is 11.5 Å². The van der Waals surface area contributed by atoms with Crippen molar-refractivity contribution < 1.29 is 0 Å². The summed E-state index contributed by atoms with van der Waals surface area (Å²) in [6.07, 6.45) is 0. The molecular formula is C10H21N3. The Balaban J connectivity index is 4.93. The molecule has 0 aromatic rings. The van der Waals surface area contributed by atoms with Crippen molar-refractivity contribution in [2.45, 2.75) is 34.6 Å². The summed E-state index contributed by atoms with van der Waals surface area (Å²) in [4.78, 5) is 4.12. The average Bonchev–Trinajstić information content (AvgIpc) is 2.00. The Kier molecular flexibility index (Phi) is 3.98. The van der Waals surface area contributed by atoms with Crippen molar-refractivity contribution in [3.63, 3.8) is 0 Å². The maximum atomic E-state index is 5.94. The Labute approximate surface area is 80.9 Å². The van der Waals surface area contributed by atoms with Crippen LogP contribution in [0.3, 0.4) is 0 Å². The molecule has 0 amide bonds. The van der Waals surface area contributed by atoms with Crippen LogP contribution >= 0.6 is 0 Å². The summed E-state index contributed by atoms with van der Waals surface area (Å²) in [5.41, 5.74) is 13.3. The molecule has 0 heterocycles. The molecule has 3 heteroatoms. The molecular weight excluding hydrogens is 162 g/mol. The first-order valence-electron chi connectivity index (χ1n) is 4.57. The van der Waals surface area contributed by atoms with E-state index in [0.717, 1.165) is 11.3 Å². The van der Waals surface area contributed by atoms with Gasteiger partial charge in [0, 0.05) is 23.2 Å². The number of amidine groups is 1. The molecule has 0 aromatic carbocycles. The third-order valence-electron chi connectivity index (χ3n) is 1.92. The topological polar surface area (TPSA) is 64.4 Å². The van der Waals surface area contributed by atoms with E-state index in [-0.39, 0.29) is 5.41 Å². The summed E-state index contributed by atoms with van der Waals surface area (Å²) >= 11 is 0. The summed E-state index contributed by atoms with van der Waals surface area (Å²) in [5, 5.41) is 0. The van der Waals surface area contributed by atoms with Gasteiger partial charge in [-0.1, -0.05) is 20.8 Å². The van der Waals surface area contributed by atoms with Crippen molar-refractivity contribution in [1.82, 2.24) is 0 Å². The van der Waals surface area contributed by atoms with Gasteiger partial charge in [-0.05, 0) is 13.8 Å². The van der Waals surface area contributed by atoms with Crippen LogP contribution in [-0.2, 0) is 0 Å². The van der Waals surface area contributed by atoms with Crippen LogP contribution in [0.1, 0.15) is 34.6 Å². The zero-order valence-corrected chi connectivity index (χ0v) is 9.31. The van der Waals surface area contributed by atoms with Crippen molar-refractivity contribution in [3.05, 3.63) is 11.3 Å². The third kappa shape index (κ3) is 3.49. The molecule has 0 fully saturated rings. The van der Waals surface area contributed by atoms with Gasteiger partial charge in [0.25, 0.3) is 0 Å². The Morgan fingerprint density at radius 3 is 2.00 bits per heavy atom. The van der Waals surface area contributed by atoms with Crippen LogP contribution in [0.5, 0.6) is 0 Å². The van der Waals surface area contributed by atoms with Crippen LogP contribution in [0, 0.1) is 5.41 Å². The normalized spacial score (nSPS) is 15.6. The molecule has 0 radical (unpaired) electrons. The minimum atomic E-state index is -0.0437. The maximum Gasteiger partial charge on any atom is 0.122 e. The van der Waals surface area contributed by atoms with Crippen molar-refractivity contribution in [2.75, 3.05) is 6.54 Å². The number of hydrogen-bond donors (Lipinski definition) is 2. The van der Waals surface area contributed by atoms with Crippen molar-refractivity contribution in [1.29, 1.82) is 0 Å². The largest absolute Gasteiger partial charge is 0.401 e. The van der Waals surface area contributed by atoms with E-state index < -0.39 is 0 Å². The van der Waals surface area contributed by atoms with E-state index in [9.17, 15) is 0 Å². The predicted octanol–water partition coefficient (Wildman–Crippen LogP) is 1.64. The van der Waals surface area contributed by atoms with Crippen molar-refractivity contribution in [2.24, 2.45) is 21.9 Å². The van der Waals surface area contributed by atoms with Crippen LogP contribution in [0.15, 0.2) is 16.3 Å². The predicted molar refractivity (Wildman–Crippen MR) is 58.5 cm³/mol. The lowest BCUT2D eigenvalue weighted by Gasteiger charge is -2.21. The van der Waals surface area contributed by atoms with Gasteiger partial charge in [-0.25, -0.2) is 0 Å². The molecule has 0 saturated heterocycles. The van der Waals surface area contributed by atoms with Gasteiger partial charge in [0.2, 0.25) is 0 Å². The third-order valence-corrected chi connectivity index (χ3v) is 1.92. The number of aliphatic imine (C=N–C) groups is 1. The fourth-order valence-corrected chi connectivity index (χ4v) is 0.989. The monoisotopic (exact) mass is 183 g/mol. The molecule has 0 aromatic heterocycles. The lowest BCUT2D eigenvalue weighted by molar-refractivity contribution is 0.494. The Bertz CT molecular complexity index is 231. The minimum Gasteiger partial charge on any atom is -0.401 e. The SMILES string of the molecule is CCN=C(N)C(C)=C(N)C(C)(C)C. The highest BCUT2D eigenvalue weighted by Gasteiger charge is 2.17. The van der Waals surface area contributed by atoms with Crippen LogP contribution in [0.25, 0.3) is 0 Å². The molecule has 0 spiro atoms. The quantitative estimate of drug-likeness (QED) is 0.505. The van der Waals surface area contributed by atoms with Gasteiger partial charge in [-0.2, -0.15) is 0 Å². The first-order valence-corrected chi connectivity index (χ1v) is 4.57. The first kappa shape index (κ1) is 12.0. The highest BCUT2D eigenvalue weighted by Crippen LogP contribution is 2.23. The second-order valence-electron chi connectivity index (χ2n) is 4.15. The average molecular weight is 183 g/mol. The van der Waals surface area contributed by atoms with E-state index >= 15 is 0 Å². The maximum absolute atomic E-state index is 5.94. The molecule has 3 nitrogen and oxygen atoms in total. The molecule has 76 valence electrons. The molecule has 0 aliphatic heterocycles. The fraction of sp³-hybridized carbons (Fsp3) is 0.700. The highest BCUT2D eigenvalue weighted by atomic mass is 14.9. The van der Waals surface area contributed by atoms with Crippen LogP contribution in [0.2, 0.25) is 0 Å². The van der Waals surface area contributed by atoms with Gasteiger partial charge in [0.1, 0.15) is 5.84 Å². The summed E-state index contributed by atoms with van der Waals surface area (Å²) in [7, 11) is 0. The molecule has 0 aliphatic carbocycles. The zero-order chi connectivity index (χ0) is 10.6. The van der Waals surface area contributed by atoms with E-state index in [2.05, 4.69) is 25.8 Å². The zero-order valence-electron chi connectivity index (χ0n) is 9.31. The van der Waals surface area contributed by atoms with Gasteiger partial charge in [-0.3, -0.25) is 4.99 Å². The Morgan fingerprint density at radius 1 is 1.23 bits per heavy atom. The summed E-state index contributed by atoms with van der Waals surface area (Å²) < 4.78 is 0. The summed E-state index contributed by atoms with van der Waals surface area (Å²) in [5.74, 6) is 0.551. The van der Waals surface area contributed by atoms with E-state index in [1.807, 2.05) is 13.8 Å². The molecule has 0 rings (SSSR count). The van der Waals surface area contributed by atoms with Crippen molar-refractivity contribution in [3.8, 4) is 0 Å². The lowest BCUT2D eigenvalue weighted by atomic mass is 9.89. The van der Waals surface area contributed by atoms with Gasteiger partial charge in [0.15, 0.2) is 0 Å². The fourth-order valence-electron chi connectivity index (χ4n) is 0.989. The number of hydrogen-bond acceptors (Lipinski definition) is 2. The summed E-state index contributed by atoms with van der Waals surface area (Å²) in [6, 6.07) is 0. The smallest absolute Gasteiger partial charge is 0.122 e. The van der Waals surface area contributed by atoms with Crippen LogP contribution in [0.4, 0.5) is 0 Å². The van der Waals surface area contributed by atoms with E-state index in [1.54, 1.807) is 0 Å². The second kappa shape index (κ2) is 4.30. The standard InChI is InChI=1S/C10H21N3/c1-6-13-9(12)7(2)8(11)10(3,4)5/h6,11H2,1-5H3,(H2,12,13). The molecule has 0 bridgehead atoms. The van der Waals surface area contributed by atoms with Crippen LogP contribution in [-0.4, -0.2) is 12.4 Å². The number of nitrogens with zero attached hydrogens (tertiary/aromatic N) is 1. The van der Waals surface area contributed by atoms with Gasteiger partial charge >= 0.3 is 0 Å². The number of allylic oxidation sites excluding steroid dienone is 1. The Morgan fingerprint density at radius 2 is 1.69 bits per heavy atom. The molecule has 4 N–H and O–H groups in total. The second-order valence-corrected chi connectivity index (χ2v) is 4.15.